The number of nitro groups is 1. The summed E-state index contributed by atoms with van der Waals surface area (Å²) >= 11 is 8.73. The zero-order valence-corrected chi connectivity index (χ0v) is 13.7. The van der Waals surface area contributed by atoms with E-state index in [1.54, 1.807) is 0 Å². The van der Waals surface area contributed by atoms with E-state index in [-0.39, 0.29) is 25.8 Å². The average molecular weight is 410 g/mol. The zero-order chi connectivity index (χ0) is 16.5. The predicted molar refractivity (Wildman–Crippen MR) is 83.0 cm³/mol. The number of non-ortho nitro benzene ring substituents is 1. The van der Waals surface area contributed by atoms with Gasteiger partial charge in [0.05, 0.1) is 25.0 Å². The van der Waals surface area contributed by atoms with Crippen LogP contribution in [0.4, 0.5) is 15.8 Å². The summed E-state index contributed by atoms with van der Waals surface area (Å²) in [6.45, 7) is 0. The van der Waals surface area contributed by atoms with E-state index in [0.717, 1.165) is 18.2 Å². The molecular formula is C12H7BrClFN2O4S. The fourth-order valence-corrected chi connectivity index (χ4v) is 3.10. The molecule has 10 heteroatoms. The third-order valence-electron chi connectivity index (χ3n) is 2.61. The first-order valence-corrected chi connectivity index (χ1v) is 8.28. The Morgan fingerprint density at radius 2 is 1.91 bits per heavy atom. The maximum Gasteiger partial charge on any atom is 0.271 e. The Balaban J connectivity index is 2.42. The second kappa shape index (κ2) is 6.19. The molecule has 2 aromatic rings. The summed E-state index contributed by atoms with van der Waals surface area (Å²) in [6.07, 6.45) is 0. The van der Waals surface area contributed by atoms with Crippen molar-refractivity contribution in [1.29, 1.82) is 0 Å². The van der Waals surface area contributed by atoms with E-state index in [0.29, 0.717) is 0 Å². The minimum atomic E-state index is -4.14. The number of hydrogen-bond acceptors (Lipinski definition) is 4. The van der Waals surface area contributed by atoms with Gasteiger partial charge in [-0.3, -0.25) is 14.8 Å². The molecule has 0 radical (unpaired) electrons. The Hall–Kier alpha value is -1.71. The van der Waals surface area contributed by atoms with Gasteiger partial charge in [-0.25, -0.2) is 12.8 Å². The number of nitrogens with one attached hydrogen (secondary N) is 1. The highest BCUT2D eigenvalue weighted by Crippen LogP contribution is 2.29. The summed E-state index contributed by atoms with van der Waals surface area (Å²) in [5, 5.41) is 10.7. The lowest BCUT2D eigenvalue weighted by Crippen LogP contribution is -2.13. The number of hydrogen-bond donors (Lipinski definition) is 1. The lowest BCUT2D eigenvalue weighted by atomic mass is 10.3. The van der Waals surface area contributed by atoms with Gasteiger partial charge in [0.1, 0.15) is 5.82 Å². The Morgan fingerprint density at radius 3 is 2.50 bits per heavy atom. The second-order valence-corrected chi connectivity index (χ2v) is 7.05. The maximum atomic E-state index is 13.4. The molecule has 2 rings (SSSR count). The van der Waals surface area contributed by atoms with Crippen molar-refractivity contribution in [3.8, 4) is 0 Å². The van der Waals surface area contributed by atoms with Crippen LogP contribution in [0.1, 0.15) is 0 Å². The van der Waals surface area contributed by atoms with Crippen LogP contribution in [0, 0.1) is 15.9 Å². The van der Waals surface area contributed by atoms with Crippen LogP contribution in [0.2, 0.25) is 5.02 Å². The summed E-state index contributed by atoms with van der Waals surface area (Å²) in [6, 6.07) is 6.55. The minimum Gasteiger partial charge on any atom is -0.278 e. The van der Waals surface area contributed by atoms with E-state index < -0.39 is 20.8 Å². The van der Waals surface area contributed by atoms with E-state index in [9.17, 15) is 22.9 Å². The molecule has 0 fully saturated rings. The van der Waals surface area contributed by atoms with Gasteiger partial charge < -0.3 is 0 Å². The number of sulfonamides is 1. The van der Waals surface area contributed by atoms with Gasteiger partial charge in [-0.05, 0) is 40.2 Å². The molecule has 0 saturated heterocycles. The first-order valence-electron chi connectivity index (χ1n) is 5.62. The van der Waals surface area contributed by atoms with E-state index in [2.05, 4.69) is 20.7 Å². The summed E-state index contributed by atoms with van der Waals surface area (Å²) in [4.78, 5) is 9.69. The third-order valence-corrected chi connectivity index (χ3v) is 4.94. The van der Waals surface area contributed by atoms with Gasteiger partial charge in [0.25, 0.3) is 15.7 Å². The molecule has 1 N–H and O–H groups in total. The Bertz CT molecular complexity index is 860. The highest BCUT2D eigenvalue weighted by molar-refractivity contribution is 9.10. The average Bonchev–Trinajstić information content (AvgIpc) is 2.43. The number of nitro benzene ring substituents is 1. The van der Waals surface area contributed by atoms with Crippen LogP contribution in [0.25, 0.3) is 0 Å². The summed E-state index contributed by atoms with van der Waals surface area (Å²) in [7, 11) is -4.14. The van der Waals surface area contributed by atoms with Crippen molar-refractivity contribution >= 4 is 48.9 Å². The fourth-order valence-electron chi connectivity index (χ4n) is 1.55. The number of anilines is 1. The molecule has 0 aliphatic carbocycles. The Morgan fingerprint density at radius 1 is 1.23 bits per heavy atom. The van der Waals surface area contributed by atoms with E-state index >= 15 is 0 Å². The van der Waals surface area contributed by atoms with Crippen LogP contribution in [0.15, 0.2) is 45.8 Å². The quantitative estimate of drug-likeness (QED) is 0.611. The van der Waals surface area contributed by atoms with Gasteiger partial charge in [0.2, 0.25) is 0 Å². The monoisotopic (exact) mass is 408 g/mol. The molecule has 0 unspecified atom stereocenters. The van der Waals surface area contributed by atoms with Crippen LogP contribution in [-0.4, -0.2) is 13.3 Å². The lowest BCUT2D eigenvalue weighted by molar-refractivity contribution is -0.384. The summed E-state index contributed by atoms with van der Waals surface area (Å²) < 4.78 is 40.0. The molecule has 0 aliphatic heterocycles. The van der Waals surface area contributed by atoms with E-state index in [1.165, 1.54) is 18.2 Å². The topological polar surface area (TPSA) is 89.3 Å². The maximum absolute atomic E-state index is 13.4. The van der Waals surface area contributed by atoms with Crippen LogP contribution in [0.3, 0.4) is 0 Å². The van der Waals surface area contributed by atoms with Crippen LogP contribution >= 0.6 is 27.5 Å². The first kappa shape index (κ1) is 16.7. The molecule has 0 bridgehead atoms. The fraction of sp³-hybridized carbons (Fsp3) is 0. The first-order chi connectivity index (χ1) is 10.2. The minimum absolute atomic E-state index is 0.0215. The molecule has 22 heavy (non-hydrogen) atoms. The van der Waals surface area contributed by atoms with Gasteiger partial charge >= 0.3 is 0 Å². The van der Waals surface area contributed by atoms with Crippen LogP contribution < -0.4 is 4.72 Å². The molecule has 0 saturated carbocycles. The van der Waals surface area contributed by atoms with Gasteiger partial charge in [-0.15, -0.1) is 0 Å². The van der Waals surface area contributed by atoms with Crippen molar-refractivity contribution in [2.24, 2.45) is 0 Å². The van der Waals surface area contributed by atoms with Crippen molar-refractivity contribution in [2.75, 3.05) is 4.72 Å². The lowest BCUT2D eigenvalue weighted by Gasteiger charge is -2.10. The molecule has 0 aliphatic rings. The van der Waals surface area contributed by atoms with Crippen LogP contribution in [0.5, 0.6) is 0 Å². The second-order valence-electron chi connectivity index (χ2n) is 4.10. The number of nitrogens with zero attached hydrogens (tertiary/aromatic N) is 1. The molecule has 0 spiro atoms. The molecule has 0 amide bonds. The molecule has 6 nitrogen and oxygen atoms in total. The largest absolute Gasteiger partial charge is 0.278 e. The van der Waals surface area contributed by atoms with Crippen molar-refractivity contribution < 1.29 is 17.7 Å². The highest BCUT2D eigenvalue weighted by atomic mass is 79.9. The van der Waals surface area contributed by atoms with E-state index in [1.807, 2.05) is 0 Å². The zero-order valence-electron chi connectivity index (χ0n) is 10.6. The molecular weight excluding hydrogens is 403 g/mol. The third kappa shape index (κ3) is 3.54. The summed E-state index contributed by atoms with van der Waals surface area (Å²) in [5.74, 6) is -0.756. The van der Waals surface area contributed by atoms with Gasteiger partial charge in [-0.2, -0.15) is 0 Å². The van der Waals surface area contributed by atoms with Gasteiger partial charge in [-0.1, -0.05) is 11.6 Å². The van der Waals surface area contributed by atoms with Crippen molar-refractivity contribution in [3.05, 3.63) is 61.8 Å². The van der Waals surface area contributed by atoms with Gasteiger partial charge in [0, 0.05) is 12.1 Å². The highest BCUT2D eigenvalue weighted by Gasteiger charge is 2.19. The van der Waals surface area contributed by atoms with Crippen molar-refractivity contribution in [2.45, 2.75) is 4.90 Å². The smallest absolute Gasteiger partial charge is 0.271 e. The number of benzene rings is 2. The number of rotatable bonds is 4. The van der Waals surface area contributed by atoms with Crippen molar-refractivity contribution in [3.63, 3.8) is 0 Å². The van der Waals surface area contributed by atoms with Crippen LogP contribution in [-0.2, 0) is 10.0 Å². The molecule has 116 valence electrons. The Kier molecular flexibility index (Phi) is 4.69. The SMILES string of the molecule is O=[N+]([O-])c1ccc(Cl)c(NS(=O)(=O)c2ccc(Br)c(F)c2)c1. The predicted octanol–water partition coefficient (Wildman–Crippen LogP) is 3.95. The van der Waals surface area contributed by atoms with Gasteiger partial charge in [0.15, 0.2) is 0 Å². The summed E-state index contributed by atoms with van der Waals surface area (Å²) in [5.41, 5.74) is -0.497. The standard InChI is InChI=1S/C12H7BrClFN2O4S/c13-9-3-2-8(6-11(9)15)22(20,21)16-12-5-7(17(18)19)1-4-10(12)14/h1-6,16H. The molecule has 0 heterocycles. The number of halogens is 3. The molecule has 0 aromatic heterocycles. The normalized spacial score (nSPS) is 11.2. The Labute approximate surface area is 138 Å². The van der Waals surface area contributed by atoms with E-state index in [4.69, 9.17) is 11.6 Å². The van der Waals surface area contributed by atoms with Crippen molar-refractivity contribution in [1.82, 2.24) is 0 Å². The molecule has 0 atom stereocenters. The molecule has 2 aromatic carbocycles.